The normalized spacial score (nSPS) is 32.4. The predicted molar refractivity (Wildman–Crippen MR) is 78.6 cm³/mol. The van der Waals surface area contributed by atoms with Crippen molar-refractivity contribution in [2.45, 2.75) is 58.4 Å². The van der Waals surface area contributed by atoms with Crippen molar-refractivity contribution in [1.29, 1.82) is 0 Å². The zero-order chi connectivity index (χ0) is 13.2. The van der Waals surface area contributed by atoms with E-state index in [1.165, 1.54) is 30.4 Å². The van der Waals surface area contributed by atoms with Crippen molar-refractivity contribution in [3.8, 4) is 0 Å². The molecule has 0 aromatic heterocycles. The van der Waals surface area contributed by atoms with Gasteiger partial charge >= 0.3 is 0 Å². The summed E-state index contributed by atoms with van der Waals surface area (Å²) in [6.07, 6.45) is 5.95. The van der Waals surface area contributed by atoms with Crippen LogP contribution in [0, 0.1) is 11.8 Å². The topological polar surface area (TPSA) is 26.0 Å². The molecule has 2 N–H and O–H groups in total. The van der Waals surface area contributed by atoms with E-state index >= 15 is 0 Å². The Morgan fingerprint density at radius 2 is 1.78 bits per heavy atom. The van der Waals surface area contributed by atoms with Gasteiger partial charge < -0.3 is 5.73 Å². The second kappa shape index (κ2) is 5.44. The van der Waals surface area contributed by atoms with Gasteiger partial charge in [-0.2, -0.15) is 0 Å². The summed E-state index contributed by atoms with van der Waals surface area (Å²) in [6, 6.07) is 9.02. The van der Waals surface area contributed by atoms with Crippen molar-refractivity contribution in [1.82, 2.24) is 0 Å². The first-order valence-electron chi connectivity index (χ1n) is 7.42. The third-order valence-corrected chi connectivity index (χ3v) is 5.03. The number of hydrogen-bond donors (Lipinski definition) is 1. The molecule has 0 radical (unpaired) electrons. The van der Waals surface area contributed by atoms with E-state index in [2.05, 4.69) is 45.0 Å². The molecule has 1 aromatic rings. The number of rotatable bonds is 3. The molecule has 0 heterocycles. The first-order valence-corrected chi connectivity index (χ1v) is 7.42. The minimum absolute atomic E-state index is 0.00536. The summed E-state index contributed by atoms with van der Waals surface area (Å²) in [5.74, 6) is 1.38. The van der Waals surface area contributed by atoms with Gasteiger partial charge in [0.1, 0.15) is 0 Å². The van der Waals surface area contributed by atoms with E-state index in [0.29, 0.717) is 5.92 Å². The Bertz CT molecular complexity index is 381. The standard InChI is InChI=1S/C17H27N/c1-4-15-7-9-16(10-8-15)12-17(18)11-5-6-13(2)14(17)3/h7-10,13-14H,4-6,11-12,18H2,1-3H3. The first-order chi connectivity index (χ1) is 8.55. The number of hydrogen-bond acceptors (Lipinski definition) is 1. The Kier molecular flexibility index (Phi) is 4.11. The van der Waals surface area contributed by atoms with Crippen LogP contribution in [-0.2, 0) is 12.8 Å². The average molecular weight is 245 g/mol. The molecule has 1 fully saturated rings. The van der Waals surface area contributed by atoms with Crippen molar-refractivity contribution in [2.24, 2.45) is 17.6 Å². The van der Waals surface area contributed by atoms with Gasteiger partial charge in [0, 0.05) is 5.54 Å². The molecule has 1 nitrogen and oxygen atoms in total. The molecule has 18 heavy (non-hydrogen) atoms. The van der Waals surface area contributed by atoms with E-state index in [0.717, 1.165) is 18.8 Å². The predicted octanol–water partition coefficient (Wildman–Crippen LogP) is 3.95. The summed E-state index contributed by atoms with van der Waals surface area (Å²) in [4.78, 5) is 0. The number of nitrogens with two attached hydrogens (primary N) is 1. The Morgan fingerprint density at radius 1 is 1.17 bits per heavy atom. The molecule has 0 aliphatic heterocycles. The fourth-order valence-electron chi connectivity index (χ4n) is 3.32. The third kappa shape index (κ3) is 2.77. The average Bonchev–Trinajstić information content (AvgIpc) is 2.37. The van der Waals surface area contributed by atoms with Gasteiger partial charge in [-0.25, -0.2) is 0 Å². The van der Waals surface area contributed by atoms with Gasteiger partial charge in [-0.1, -0.05) is 57.9 Å². The zero-order valence-corrected chi connectivity index (χ0v) is 12.1. The van der Waals surface area contributed by atoms with Crippen LogP contribution in [0.25, 0.3) is 0 Å². The molecule has 1 aromatic carbocycles. The highest BCUT2D eigenvalue weighted by Crippen LogP contribution is 2.37. The fourth-order valence-corrected chi connectivity index (χ4v) is 3.32. The van der Waals surface area contributed by atoms with Crippen LogP contribution in [0.4, 0.5) is 0 Å². The summed E-state index contributed by atoms with van der Waals surface area (Å²) in [6.45, 7) is 6.89. The lowest BCUT2D eigenvalue weighted by Crippen LogP contribution is -2.52. The molecule has 100 valence electrons. The van der Waals surface area contributed by atoms with Gasteiger partial charge in [0.2, 0.25) is 0 Å². The molecule has 3 unspecified atom stereocenters. The smallest absolute Gasteiger partial charge is 0.0223 e. The molecule has 1 heteroatoms. The maximum absolute atomic E-state index is 6.70. The van der Waals surface area contributed by atoms with Gasteiger partial charge in [0.25, 0.3) is 0 Å². The Labute approximate surface area is 112 Å². The van der Waals surface area contributed by atoms with Crippen LogP contribution in [0.15, 0.2) is 24.3 Å². The van der Waals surface area contributed by atoms with Crippen LogP contribution < -0.4 is 5.73 Å². The summed E-state index contributed by atoms with van der Waals surface area (Å²) >= 11 is 0. The summed E-state index contributed by atoms with van der Waals surface area (Å²) in [5.41, 5.74) is 9.51. The molecule has 0 spiro atoms. The number of benzene rings is 1. The van der Waals surface area contributed by atoms with Gasteiger partial charge in [-0.3, -0.25) is 0 Å². The highest BCUT2D eigenvalue weighted by Gasteiger charge is 2.37. The second-order valence-electron chi connectivity index (χ2n) is 6.24. The molecular weight excluding hydrogens is 218 g/mol. The van der Waals surface area contributed by atoms with Crippen LogP contribution >= 0.6 is 0 Å². The van der Waals surface area contributed by atoms with E-state index in [-0.39, 0.29) is 5.54 Å². The van der Waals surface area contributed by atoms with Gasteiger partial charge in [-0.05, 0) is 42.2 Å². The van der Waals surface area contributed by atoms with Crippen LogP contribution in [0.1, 0.15) is 51.2 Å². The van der Waals surface area contributed by atoms with E-state index in [1.807, 2.05) is 0 Å². The SMILES string of the molecule is CCc1ccc(CC2(N)CCCC(C)C2C)cc1. The fraction of sp³-hybridized carbons (Fsp3) is 0.647. The Morgan fingerprint density at radius 3 is 2.39 bits per heavy atom. The van der Waals surface area contributed by atoms with Crippen LogP contribution in [0.3, 0.4) is 0 Å². The van der Waals surface area contributed by atoms with E-state index in [9.17, 15) is 0 Å². The van der Waals surface area contributed by atoms with Gasteiger partial charge in [-0.15, -0.1) is 0 Å². The Balaban J connectivity index is 2.10. The van der Waals surface area contributed by atoms with Gasteiger partial charge in [0.05, 0.1) is 0 Å². The molecule has 0 amide bonds. The molecule has 1 aliphatic rings. The van der Waals surface area contributed by atoms with Crippen molar-refractivity contribution in [3.63, 3.8) is 0 Å². The van der Waals surface area contributed by atoms with E-state index in [1.54, 1.807) is 0 Å². The lowest BCUT2D eigenvalue weighted by Gasteiger charge is -2.43. The lowest BCUT2D eigenvalue weighted by molar-refractivity contribution is 0.143. The monoisotopic (exact) mass is 245 g/mol. The molecule has 1 aliphatic carbocycles. The minimum atomic E-state index is 0.00536. The summed E-state index contributed by atoms with van der Waals surface area (Å²) < 4.78 is 0. The molecule has 3 atom stereocenters. The highest BCUT2D eigenvalue weighted by atomic mass is 14.8. The van der Waals surface area contributed by atoms with Crippen molar-refractivity contribution in [2.75, 3.05) is 0 Å². The molecule has 0 saturated heterocycles. The molecule has 2 rings (SSSR count). The molecule has 1 saturated carbocycles. The van der Waals surface area contributed by atoms with E-state index in [4.69, 9.17) is 5.73 Å². The largest absolute Gasteiger partial charge is 0.325 e. The second-order valence-corrected chi connectivity index (χ2v) is 6.24. The van der Waals surface area contributed by atoms with Crippen LogP contribution in [0.2, 0.25) is 0 Å². The minimum Gasteiger partial charge on any atom is -0.325 e. The highest BCUT2D eigenvalue weighted by molar-refractivity contribution is 5.24. The Hall–Kier alpha value is -0.820. The maximum atomic E-state index is 6.70. The zero-order valence-electron chi connectivity index (χ0n) is 12.1. The van der Waals surface area contributed by atoms with Gasteiger partial charge in [0.15, 0.2) is 0 Å². The quantitative estimate of drug-likeness (QED) is 0.857. The lowest BCUT2D eigenvalue weighted by atomic mass is 9.66. The third-order valence-electron chi connectivity index (χ3n) is 5.03. The summed E-state index contributed by atoms with van der Waals surface area (Å²) in [7, 11) is 0. The van der Waals surface area contributed by atoms with Crippen molar-refractivity contribution < 1.29 is 0 Å². The summed E-state index contributed by atoms with van der Waals surface area (Å²) in [5, 5.41) is 0. The van der Waals surface area contributed by atoms with Crippen molar-refractivity contribution >= 4 is 0 Å². The first kappa shape index (κ1) is 13.6. The molecule has 0 bridgehead atoms. The van der Waals surface area contributed by atoms with Crippen LogP contribution in [-0.4, -0.2) is 5.54 Å². The van der Waals surface area contributed by atoms with Crippen LogP contribution in [0.5, 0.6) is 0 Å². The molecular formula is C17H27N. The number of aryl methyl sites for hydroxylation is 1. The van der Waals surface area contributed by atoms with Crippen molar-refractivity contribution in [3.05, 3.63) is 35.4 Å². The van der Waals surface area contributed by atoms with E-state index < -0.39 is 0 Å². The maximum Gasteiger partial charge on any atom is 0.0223 e.